The molecule has 2 rings (SSSR count). The van der Waals surface area contributed by atoms with Crippen LogP contribution < -0.4 is 4.74 Å². The average molecular weight is 295 g/mol. The second-order valence-corrected chi connectivity index (χ2v) is 4.95. The normalized spacial score (nSPS) is 10.5. The minimum absolute atomic E-state index is 0.670. The predicted octanol–water partition coefficient (Wildman–Crippen LogP) is 3.11. The van der Waals surface area contributed by atoms with Crippen molar-refractivity contribution in [3.05, 3.63) is 46.2 Å². The maximum atomic E-state index is 5.76. The number of rotatable bonds is 4. The first kappa shape index (κ1) is 12.2. The molecule has 0 radical (unpaired) electrons. The van der Waals surface area contributed by atoms with Gasteiger partial charge in [-0.1, -0.05) is 22.0 Å². The van der Waals surface area contributed by atoms with E-state index in [0.717, 1.165) is 22.2 Å². The first-order chi connectivity index (χ1) is 8.15. The molecule has 1 aromatic heterocycles. The average Bonchev–Trinajstić information content (AvgIpc) is 2.69. The van der Waals surface area contributed by atoms with Gasteiger partial charge in [0.15, 0.2) is 0 Å². The number of nitrogens with zero attached hydrogens (tertiary/aromatic N) is 2. The summed E-state index contributed by atoms with van der Waals surface area (Å²) in [5.41, 5.74) is 2.35. The van der Waals surface area contributed by atoms with E-state index in [1.54, 1.807) is 4.68 Å². The lowest BCUT2D eigenvalue weighted by molar-refractivity contribution is 0.319. The number of benzene rings is 1. The summed E-state index contributed by atoms with van der Waals surface area (Å²) < 4.78 is 8.61. The molecule has 0 saturated carbocycles. The van der Waals surface area contributed by atoms with Crippen molar-refractivity contribution in [2.75, 3.05) is 6.61 Å². The van der Waals surface area contributed by atoms with Crippen molar-refractivity contribution in [1.29, 1.82) is 0 Å². The van der Waals surface area contributed by atoms with Crippen LogP contribution in [0.5, 0.6) is 5.75 Å². The highest BCUT2D eigenvalue weighted by Crippen LogP contribution is 2.22. The van der Waals surface area contributed by atoms with Gasteiger partial charge in [0.25, 0.3) is 0 Å². The molecule has 0 N–H and O–H groups in total. The van der Waals surface area contributed by atoms with Crippen molar-refractivity contribution in [3.8, 4) is 5.75 Å². The quantitative estimate of drug-likeness (QED) is 0.866. The van der Waals surface area contributed by atoms with Gasteiger partial charge in [-0.15, -0.1) is 0 Å². The van der Waals surface area contributed by atoms with Crippen molar-refractivity contribution >= 4 is 15.9 Å². The SMILES string of the molecule is Cc1ccc(Br)cc1OCCc1cnn(C)c1. The Balaban J connectivity index is 1.91. The predicted molar refractivity (Wildman–Crippen MR) is 71.3 cm³/mol. The summed E-state index contributed by atoms with van der Waals surface area (Å²) in [6.45, 7) is 2.72. The molecule has 4 heteroatoms. The van der Waals surface area contributed by atoms with Gasteiger partial charge < -0.3 is 4.74 Å². The Hall–Kier alpha value is -1.29. The Morgan fingerprint density at radius 2 is 2.24 bits per heavy atom. The molecule has 90 valence electrons. The summed E-state index contributed by atoms with van der Waals surface area (Å²) in [5.74, 6) is 0.934. The largest absolute Gasteiger partial charge is 0.493 e. The van der Waals surface area contributed by atoms with E-state index in [-0.39, 0.29) is 0 Å². The number of hydrogen-bond acceptors (Lipinski definition) is 2. The molecule has 0 aliphatic rings. The molecule has 0 unspecified atom stereocenters. The van der Waals surface area contributed by atoms with Gasteiger partial charge in [-0.3, -0.25) is 4.68 Å². The highest BCUT2D eigenvalue weighted by atomic mass is 79.9. The molecule has 1 heterocycles. The van der Waals surface area contributed by atoms with Crippen molar-refractivity contribution < 1.29 is 4.74 Å². The van der Waals surface area contributed by atoms with Crippen molar-refractivity contribution in [1.82, 2.24) is 9.78 Å². The molecular weight excluding hydrogens is 280 g/mol. The molecule has 0 spiro atoms. The van der Waals surface area contributed by atoms with Gasteiger partial charge in [0.1, 0.15) is 5.75 Å². The van der Waals surface area contributed by atoms with Crippen LogP contribution in [-0.2, 0) is 13.5 Å². The van der Waals surface area contributed by atoms with Crippen molar-refractivity contribution in [2.45, 2.75) is 13.3 Å². The Bertz CT molecular complexity index is 508. The topological polar surface area (TPSA) is 27.1 Å². The van der Waals surface area contributed by atoms with Gasteiger partial charge in [0.05, 0.1) is 12.8 Å². The van der Waals surface area contributed by atoms with Crippen LogP contribution >= 0.6 is 15.9 Å². The Labute approximate surface area is 110 Å². The molecule has 0 fully saturated rings. The fourth-order valence-corrected chi connectivity index (χ4v) is 1.95. The zero-order valence-electron chi connectivity index (χ0n) is 9.98. The lowest BCUT2D eigenvalue weighted by atomic mass is 10.2. The van der Waals surface area contributed by atoms with Gasteiger partial charge in [0, 0.05) is 24.1 Å². The van der Waals surface area contributed by atoms with E-state index >= 15 is 0 Å². The van der Waals surface area contributed by atoms with Crippen molar-refractivity contribution in [2.24, 2.45) is 7.05 Å². The number of ether oxygens (including phenoxy) is 1. The summed E-state index contributed by atoms with van der Waals surface area (Å²) in [4.78, 5) is 0. The number of hydrogen-bond donors (Lipinski definition) is 0. The third-order valence-corrected chi connectivity index (χ3v) is 3.05. The van der Waals surface area contributed by atoms with Crippen LogP contribution in [0.15, 0.2) is 35.1 Å². The zero-order valence-corrected chi connectivity index (χ0v) is 11.6. The molecule has 0 aliphatic heterocycles. The molecule has 0 bridgehead atoms. The number of aryl methyl sites for hydroxylation is 2. The molecule has 17 heavy (non-hydrogen) atoms. The summed E-state index contributed by atoms with van der Waals surface area (Å²) in [5, 5.41) is 4.13. The lowest BCUT2D eigenvalue weighted by Gasteiger charge is -2.08. The standard InChI is InChI=1S/C13H15BrN2O/c1-10-3-4-12(14)7-13(10)17-6-5-11-8-15-16(2)9-11/h3-4,7-9H,5-6H2,1-2H3. The van der Waals surface area contributed by atoms with Crippen LogP contribution in [-0.4, -0.2) is 16.4 Å². The summed E-state index contributed by atoms with van der Waals surface area (Å²) in [6.07, 6.45) is 4.76. The fourth-order valence-electron chi connectivity index (χ4n) is 1.61. The van der Waals surface area contributed by atoms with Gasteiger partial charge in [-0.25, -0.2) is 0 Å². The molecule has 2 aromatic rings. The maximum Gasteiger partial charge on any atom is 0.123 e. The molecule has 0 aliphatic carbocycles. The molecule has 0 saturated heterocycles. The van der Waals surface area contributed by atoms with Crippen LogP contribution in [0, 0.1) is 6.92 Å². The van der Waals surface area contributed by atoms with Crippen LogP contribution in [0.2, 0.25) is 0 Å². The second-order valence-electron chi connectivity index (χ2n) is 4.03. The van der Waals surface area contributed by atoms with Gasteiger partial charge in [-0.05, 0) is 30.2 Å². The maximum absolute atomic E-state index is 5.76. The van der Waals surface area contributed by atoms with E-state index in [1.807, 2.05) is 44.6 Å². The van der Waals surface area contributed by atoms with E-state index in [2.05, 4.69) is 21.0 Å². The lowest BCUT2D eigenvalue weighted by Crippen LogP contribution is -2.01. The molecule has 0 atom stereocenters. The van der Waals surface area contributed by atoms with Crippen LogP contribution in [0.3, 0.4) is 0 Å². The van der Waals surface area contributed by atoms with Gasteiger partial charge >= 0.3 is 0 Å². The molecule has 3 nitrogen and oxygen atoms in total. The van der Waals surface area contributed by atoms with E-state index in [4.69, 9.17) is 4.74 Å². The smallest absolute Gasteiger partial charge is 0.123 e. The van der Waals surface area contributed by atoms with Crippen LogP contribution in [0.4, 0.5) is 0 Å². The van der Waals surface area contributed by atoms with E-state index in [9.17, 15) is 0 Å². The fraction of sp³-hybridized carbons (Fsp3) is 0.308. The molecule has 1 aromatic carbocycles. The molecular formula is C13H15BrN2O. The van der Waals surface area contributed by atoms with Gasteiger partial charge in [-0.2, -0.15) is 5.10 Å². The monoisotopic (exact) mass is 294 g/mol. The summed E-state index contributed by atoms with van der Waals surface area (Å²) >= 11 is 3.44. The van der Waals surface area contributed by atoms with Crippen molar-refractivity contribution in [3.63, 3.8) is 0 Å². The number of halogens is 1. The number of aromatic nitrogens is 2. The minimum Gasteiger partial charge on any atom is -0.493 e. The Kier molecular flexibility index (Phi) is 3.84. The van der Waals surface area contributed by atoms with Gasteiger partial charge in [0.2, 0.25) is 0 Å². The third kappa shape index (κ3) is 3.33. The van der Waals surface area contributed by atoms with E-state index < -0.39 is 0 Å². The minimum atomic E-state index is 0.670. The highest BCUT2D eigenvalue weighted by molar-refractivity contribution is 9.10. The van der Waals surface area contributed by atoms with Crippen LogP contribution in [0.25, 0.3) is 0 Å². The molecule has 0 amide bonds. The van der Waals surface area contributed by atoms with E-state index in [1.165, 1.54) is 5.56 Å². The zero-order chi connectivity index (χ0) is 12.3. The highest BCUT2D eigenvalue weighted by Gasteiger charge is 2.01. The first-order valence-electron chi connectivity index (χ1n) is 5.51. The van der Waals surface area contributed by atoms with Crippen LogP contribution in [0.1, 0.15) is 11.1 Å². The Morgan fingerprint density at radius 3 is 2.94 bits per heavy atom. The Morgan fingerprint density at radius 1 is 1.41 bits per heavy atom. The first-order valence-corrected chi connectivity index (χ1v) is 6.31. The second kappa shape index (κ2) is 5.36. The van der Waals surface area contributed by atoms with E-state index in [0.29, 0.717) is 6.61 Å². The summed E-state index contributed by atoms with van der Waals surface area (Å²) in [6, 6.07) is 6.06. The summed E-state index contributed by atoms with van der Waals surface area (Å²) in [7, 11) is 1.92. The third-order valence-electron chi connectivity index (χ3n) is 2.56.